The summed E-state index contributed by atoms with van der Waals surface area (Å²) in [6.07, 6.45) is 9.43. The molecule has 3 aliphatic rings. The number of amides is 1. The number of rotatable bonds is 6. The molecule has 4 rings (SSSR count). The van der Waals surface area contributed by atoms with Crippen molar-refractivity contribution in [3.05, 3.63) is 12.4 Å². The Morgan fingerprint density at radius 3 is 2.57 bits per heavy atom. The average molecular weight is 409 g/mol. The Balaban J connectivity index is 1.30. The van der Waals surface area contributed by atoms with Crippen LogP contribution in [0.15, 0.2) is 17.3 Å². The van der Waals surface area contributed by atoms with E-state index in [1.807, 2.05) is 6.92 Å². The van der Waals surface area contributed by atoms with E-state index in [0.29, 0.717) is 38.4 Å². The molecule has 1 amide bonds. The maximum atomic E-state index is 12.8. The molecule has 0 unspecified atom stereocenters. The fourth-order valence-corrected chi connectivity index (χ4v) is 6.94. The molecular weight excluding hydrogens is 376 g/mol. The first-order valence-electron chi connectivity index (χ1n) is 10.7. The molecule has 28 heavy (non-hydrogen) atoms. The molecule has 0 radical (unpaired) electrons. The van der Waals surface area contributed by atoms with Crippen LogP contribution in [-0.2, 0) is 21.4 Å². The maximum absolute atomic E-state index is 12.8. The van der Waals surface area contributed by atoms with Gasteiger partial charge in [0.1, 0.15) is 4.90 Å². The van der Waals surface area contributed by atoms with Gasteiger partial charge in [0.05, 0.1) is 6.20 Å². The minimum absolute atomic E-state index is 0.0918. The van der Waals surface area contributed by atoms with Crippen LogP contribution < -0.4 is 5.32 Å². The molecular formula is C20H32N4O3S. The van der Waals surface area contributed by atoms with Gasteiger partial charge >= 0.3 is 0 Å². The first-order valence-corrected chi connectivity index (χ1v) is 12.2. The summed E-state index contributed by atoms with van der Waals surface area (Å²) in [5, 5.41) is 7.32. The van der Waals surface area contributed by atoms with Gasteiger partial charge in [-0.15, -0.1) is 0 Å². The smallest absolute Gasteiger partial charge is 0.246 e. The van der Waals surface area contributed by atoms with Crippen LogP contribution in [-0.4, -0.2) is 47.5 Å². The van der Waals surface area contributed by atoms with E-state index >= 15 is 0 Å². The summed E-state index contributed by atoms with van der Waals surface area (Å²) < 4.78 is 28.7. The van der Waals surface area contributed by atoms with Gasteiger partial charge in [-0.05, 0) is 63.7 Å². The Kier molecular flexibility index (Phi) is 5.53. The Morgan fingerprint density at radius 1 is 1.25 bits per heavy atom. The van der Waals surface area contributed by atoms with E-state index in [1.165, 1.54) is 36.2 Å². The Morgan fingerprint density at radius 2 is 2.00 bits per heavy atom. The fraction of sp³-hybridized carbons (Fsp3) is 0.800. The minimum Gasteiger partial charge on any atom is -0.353 e. The van der Waals surface area contributed by atoms with Gasteiger partial charge in [-0.2, -0.15) is 9.40 Å². The quantitative estimate of drug-likeness (QED) is 0.782. The number of hydrogen-bond donors (Lipinski definition) is 1. The van der Waals surface area contributed by atoms with E-state index in [2.05, 4.69) is 17.3 Å². The van der Waals surface area contributed by atoms with Crippen LogP contribution in [0.3, 0.4) is 0 Å². The molecule has 2 aliphatic carbocycles. The number of aryl methyl sites for hydroxylation is 1. The Bertz CT molecular complexity index is 813. The zero-order valence-corrected chi connectivity index (χ0v) is 17.7. The van der Waals surface area contributed by atoms with E-state index < -0.39 is 10.0 Å². The number of nitrogens with one attached hydrogen (secondary N) is 1. The van der Waals surface area contributed by atoms with Gasteiger partial charge in [-0.1, -0.05) is 6.42 Å². The van der Waals surface area contributed by atoms with Crippen molar-refractivity contribution in [3.63, 3.8) is 0 Å². The predicted molar refractivity (Wildman–Crippen MR) is 106 cm³/mol. The molecule has 1 aliphatic heterocycles. The number of carbonyl (C=O) groups excluding carboxylic acids is 1. The second-order valence-electron chi connectivity index (χ2n) is 8.85. The molecule has 3 fully saturated rings. The minimum atomic E-state index is -3.52. The molecule has 2 heterocycles. The monoisotopic (exact) mass is 408 g/mol. The summed E-state index contributed by atoms with van der Waals surface area (Å²) in [5.41, 5.74) is 0. The lowest BCUT2D eigenvalue weighted by atomic mass is 9.83. The molecule has 2 saturated carbocycles. The van der Waals surface area contributed by atoms with Crippen LogP contribution >= 0.6 is 0 Å². The third kappa shape index (κ3) is 3.73. The van der Waals surface area contributed by atoms with E-state index in [0.717, 1.165) is 11.8 Å². The van der Waals surface area contributed by atoms with Gasteiger partial charge in [0.2, 0.25) is 15.9 Å². The number of hydrogen-bond acceptors (Lipinski definition) is 4. The molecule has 1 saturated heterocycles. The third-order valence-electron chi connectivity index (χ3n) is 7.20. The van der Waals surface area contributed by atoms with Crippen LogP contribution in [0.25, 0.3) is 0 Å². The van der Waals surface area contributed by atoms with Crippen LogP contribution in [0.4, 0.5) is 0 Å². The SMILES string of the molecule is CCn1cc(S(=O)(=O)N2CCC(C(=O)N[C@H](C)[C@H]3C[C@H]4CC[C@H]3C4)CC2)cn1. The van der Waals surface area contributed by atoms with Crippen molar-refractivity contribution >= 4 is 15.9 Å². The van der Waals surface area contributed by atoms with Crippen molar-refractivity contribution < 1.29 is 13.2 Å². The van der Waals surface area contributed by atoms with Crippen molar-refractivity contribution in [1.82, 2.24) is 19.4 Å². The lowest BCUT2D eigenvalue weighted by Gasteiger charge is -2.33. The van der Waals surface area contributed by atoms with Gasteiger partial charge in [0.25, 0.3) is 0 Å². The largest absolute Gasteiger partial charge is 0.353 e. The van der Waals surface area contributed by atoms with E-state index in [1.54, 1.807) is 10.9 Å². The molecule has 1 aromatic heterocycles. The van der Waals surface area contributed by atoms with Crippen LogP contribution in [0, 0.1) is 23.7 Å². The standard InChI is InChI=1S/C20H32N4O3S/c1-3-23-13-18(12-21-23)28(26,27)24-8-6-16(7-9-24)20(25)22-14(2)19-11-15-4-5-17(19)10-15/h12-17,19H,3-11H2,1-2H3,(H,22,25)/t14-,15+,17+,19-/m1/s1. The summed E-state index contributed by atoms with van der Waals surface area (Å²) in [6.45, 7) is 5.48. The van der Waals surface area contributed by atoms with Crippen LogP contribution in [0.2, 0.25) is 0 Å². The van der Waals surface area contributed by atoms with Gasteiger partial charge < -0.3 is 5.32 Å². The normalized spacial score (nSPS) is 29.9. The summed E-state index contributed by atoms with van der Waals surface area (Å²) in [5.74, 6) is 2.30. The first kappa shape index (κ1) is 19.9. The molecule has 156 valence electrons. The molecule has 2 bridgehead atoms. The second-order valence-corrected chi connectivity index (χ2v) is 10.8. The number of nitrogens with zero attached hydrogens (tertiary/aromatic N) is 3. The molecule has 8 heteroatoms. The van der Waals surface area contributed by atoms with Crippen molar-refractivity contribution in [1.29, 1.82) is 0 Å². The highest BCUT2D eigenvalue weighted by Gasteiger charge is 2.42. The summed E-state index contributed by atoms with van der Waals surface area (Å²) in [7, 11) is -3.52. The van der Waals surface area contributed by atoms with Gasteiger partial charge in [0.15, 0.2) is 0 Å². The average Bonchev–Trinajstić information content (AvgIpc) is 3.44. The molecule has 1 N–H and O–H groups in total. The molecule has 1 aromatic rings. The molecule has 4 atom stereocenters. The van der Waals surface area contributed by atoms with Crippen molar-refractivity contribution in [3.8, 4) is 0 Å². The van der Waals surface area contributed by atoms with Crippen molar-refractivity contribution in [2.45, 2.75) is 69.9 Å². The number of aromatic nitrogens is 2. The number of sulfonamides is 1. The highest BCUT2D eigenvalue weighted by Crippen LogP contribution is 2.49. The molecule has 0 aromatic carbocycles. The van der Waals surface area contributed by atoms with Crippen LogP contribution in [0.1, 0.15) is 52.4 Å². The van der Waals surface area contributed by atoms with Gasteiger partial charge in [-0.25, -0.2) is 8.42 Å². The predicted octanol–water partition coefficient (Wildman–Crippen LogP) is 2.24. The van der Waals surface area contributed by atoms with Gasteiger partial charge in [-0.3, -0.25) is 9.48 Å². The second kappa shape index (κ2) is 7.78. The van der Waals surface area contributed by atoms with Crippen molar-refractivity contribution in [2.24, 2.45) is 23.7 Å². The number of piperidine rings is 1. The topological polar surface area (TPSA) is 84.3 Å². The molecule has 0 spiro atoms. The lowest BCUT2D eigenvalue weighted by molar-refractivity contribution is -0.127. The lowest BCUT2D eigenvalue weighted by Crippen LogP contribution is -2.47. The van der Waals surface area contributed by atoms with Crippen molar-refractivity contribution in [2.75, 3.05) is 13.1 Å². The van der Waals surface area contributed by atoms with Crippen LogP contribution in [0.5, 0.6) is 0 Å². The summed E-state index contributed by atoms with van der Waals surface area (Å²) in [4.78, 5) is 13.0. The number of fused-ring (bicyclic) bond motifs is 2. The highest BCUT2D eigenvalue weighted by atomic mass is 32.2. The highest BCUT2D eigenvalue weighted by molar-refractivity contribution is 7.89. The maximum Gasteiger partial charge on any atom is 0.246 e. The Hall–Kier alpha value is -1.41. The fourth-order valence-electron chi connectivity index (χ4n) is 5.51. The Labute approximate surface area is 167 Å². The molecule has 7 nitrogen and oxygen atoms in total. The number of carbonyl (C=O) groups is 1. The zero-order valence-electron chi connectivity index (χ0n) is 16.9. The van der Waals surface area contributed by atoms with Gasteiger partial charge in [0, 0.05) is 37.8 Å². The van der Waals surface area contributed by atoms with E-state index in [4.69, 9.17) is 0 Å². The zero-order chi connectivity index (χ0) is 19.9. The van der Waals surface area contributed by atoms with E-state index in [9.17, 15) is 13.2 Å². The third-order valence-corrected chi connectivity index (χ3v) is 9.05. The van der Waals surface area contributed by atoms with E-state index in [-0.39, 0.29) is 22.8 Å². The summed E-state index contributed by atoms with van der Waals surface area (Å²) in [6, 6.07) is 0.226. The first-order chi connectivity index (χ1) is 13.4. The summed E-state index contributed by atoms with van der Waals surface area (Å²) >= 11 is 0.